The van der Waals surface area contributed by atoms with Crippen LogP contribution in [0.4, 0.5) is 5.69 Å². The molecule has 2 rings (SSSR count). The Kier molecular flexibility index (Phi) is 4.65. The zero-order chi connectivity index (χ0) is 13.1. The molecule has 1 aliphatic rings. The average molecular weight is 312 g/mol. The van der Waals surface area contributed by atoms with Crippen molar-refractivity contribution in [3.63, 3.8) is 0 Å². The van der Waals surface area contributed by atoms with Crippen molar-refractivity contribution in [2.75, 3.05) is 38.6 Å². The van der Waals surface area contributed by atoms with Crippen LogP contribution in [0, 0.1) is 0 Å². The van der Waals surface area contributed by atoms with Gasteiger partial charge in [0.2, 0.25) is 0 Å². The topological polar surface area (TPSA) is 18.5 Å². The third-order valence-electron chi connectivity index (χ3n) is 3.71. The molecule has 100 valence electrons. The number of rotatable bonds is 3. The van der Waals surface area contributed by atoms with Gasteiger partial charge in [0.15, 0.2) is 0 Å². The molecule has 0 spiro atoms. The fourth-order valence-corrected chi connectivity index (χ4v) is 2.92. The monoisotopic (exact) mass is 311 g/mol. The van der Waals surface area contributed by atoms with Crippen molar-refractivity contribution in [1.29, 1.82) is 0 Å². The molecule has 4 heteroatoms. The highest BCUT2D eigenvalue weighted by molar-refractivity contribution is 9.10. The normalized spacial score (nSPS) is 25.4. The molecule has 0 radical (unpaired) electrons. The van der Waals surface area contributed by atoms with Gasteiger partial charge in [-0.1, -0.05) is 15.9 Å². The molecule has 0 aromatic heterocycles. The van der Waals surface area contributed by atoms with Crippen LogP contribution >= 0.6 is 15.9 Å². The van der Waals surface area contributed by atoms with Gasteiger partial charge in [-0.2, -0.15) is 0 Å². The summed E-state index contributed by atoms with van der Waals surface area (Å²) in [4.78, 5) is 4.96. The molecule has 0 aliphatic carbocycles. The Morgan fingerprint density at radius 1 is 1.28 bits per heavy atom. The zero-order valence-corrected chi connectivity index (χ0v) is 12.9. The van der Waals surface area contributed by atoms with Gasteiger partial charge in [-0.15, -0.1) is 0 Å². The summed E-state index contributed by atoms with van der Waals surface area (Å²) in [6.07, 6.45) is 0. The minimum Gasteiger partial charge on any atom is -0.366 e. The SMILES string of the molecule is CNCC1CN(c2ccc(Br)cc2)C(C)CN1C. The predicted octanol–water partition coefficient (Wildman–Crippen LogP) is 2.18. The standard InChI is InChI=1S/C14H22BrN3/c1-11-9-17(3)14(8-16-2)10-18(11)13-6-4-12(15)5-7-13/h4-7,11,14,16H,8-10H2,1-3H3. The Morgan fingerprint density at radius 3 is 2.56 bits per heavy atom. The number of hydrogen-bond acceptors (Lipinski definition) is 3. The van der Waals surface area contributed by atoms with Gasteiger partial charge in [0.1, 0.15) is 0 Å². The molecule has 3 nitrogen and oxygen atoms in total. The van der Waals surface area contributed by atoms with Crippen molar-refractivity contribution in [3.05, 3.63) is 28.7 Å². The van der Waals surface area contributed by atoms with E-state index in [2.05, 4.69) is 69.3 Å². The highest BCUT2D eigenvalue weighted by Crippen LogP contribution is 2.24. The molecule has 1 fully saturated rings. The molecular formula is C14H22BrN3. The largest absolute Gasteiger partial charge is 0.366 e. The maximum Gasteiger partial charge on any atom is 0.0393 e. The maximum atomic E-state index is 3.49. The first-order valence-corrected chi connectivity index (χ1v) is 7.28. The van der Waals surface area contributed by atoms with E-state index >= 15 is 0 Å². The van der Waals surface area contributed by atoms with E-state index in [0.29, 0.717) is 12.1 Å². The highest BCUT2D eigenvalue weighted by Gasteiger charge is 2.28. The van der Waals surface area contributed by atoms with Gasteiger partial charge in [-0.25, -0.2) is 0 Å². The number of likely N-dealkylation sites (N-methyl/N-ethyl adjacent to an activating group) is 2. The third kappa shape index (κ3) is 3.05. The molecule has 1 saturated heterocycles. The fourth-order valence-electron chi connectivity index (χ4n) is 2.66. The van der Waals surface area contributed by atoms with Gasteiger partial charge >= 0.3 is 0 Å². The smallest absolute Gasteiger partial charge is 0.0393 e. The van der Waals surface area contributed by atoms with Crippen LogP contribution < -0.4 is 10.2 Å². The number of halogens is 1. The molecule has 1 heterocycles. The van der Waals surface area contributed by atoms with Gasteiger partial charge in [0.05, 0.1) is 0 Å². The summed E-state index contributed by atoms with van der Waals surface area (Å²) in [5.41, 5.74) is 1.32. The van der Waals surface area contributed by atoms with E-state index in [1.807, 2.05) is 7.05 Å². The van der Waals surface area contributed by atoms with E-state index in [1.165, 1.54) is 5.69 Å². The molecule has 18 heavy (non-hydrogen) atoms. The van der Waals surface area contributed by atoms with E-state index in [9.17, 15) is 0 Å². The second kappa shape index (κ2) is 6.04. The lowest BCUT2D eigenvalue weighted by Crippen LogP contribution is -2.58. The average Bonchev–Trinajstić information content (AvgIpc) is 2.34. The molecular weight excluding hydrogens is 290 g/mol. The summed E-state index contributed by atoms with van der Waals surface area (Å²) in [6, 6.07) is 9.77. The van der Waals surface area contributed by atoms with Crippen LogP contribution in [0.1, 0.15) is 6.92 Å². The fraction of sp³-hybridized carbons (Fsp3) is 0.571. The first kappa shape index (κ1) is 13.8. The van der Waals surface area contributed by atoms with Crippen LogP contribution in [0.5, 0.6) is 0 Å². The van der Waals surface area contributed by atoms with Gasteiger partial charge < -0.3 is 10.2 Å². The minimum atomic E-state index is 0.560. The lowest BCUT2D eigenvalue weighted by Gasteiger charge is -2.45. The van der Waals surface area contributed by atoms with E-state index in [1.54, 1.807) is 0 Å². The number of hydrogen-bond donors (Lipinski definition) is 1. The lowest BCUT2D eigenvalue weighted by molar-refractivity contribution is 0.190. The maximum absolute atomic E-state index is 3.49. The van der Waals surface area contributed by atoms with E-state index in [0.717, 1.165) is 24.1 Å². The molecule has 1 aromatic carbocycles. The number of nitrogens with zero attached hydrogens (tertiary/aromatic N) is 2. The van der Waals surface area contributed by atoms with Crippen LogP contribution in [0.3, 0.4) is 0 Å². The molecule has 1 aliphatic heterocycles. The Bertz CT molecular complexity index is 379. The first-order valence-electron chi connectivity index (χ1n) is 6.49. The summed E-state index contributed by atoms with van der Waals surface area (Å²) in [6.45, 7) is 5.53. The van der Waals surface area contributed by atoms with Crippen LogP contribution in [0.25, 0.3) is 0 Å². The van der Waals surface area contributed by atoms with Crippen molar-refractivity contribution < 1.29 is 0 Å². The van der Waals surface area contributed by atoms with Crippen molar-refractivity contribution in [3.8, 4) is 0 Å². The van der Waals surface area contributed by atoms with Gasteiger partial charge in [-0.3, -0.25) is 4.90 Å². The van der Waals surface area contributed by atoms with Crippen molar-refractivity contribution in [1.82, 2.24) is 10.2 Å². The molecule has 0 bridgehead atoms. The number of piperazine rings is 1. The van der Waals surface area contributed by atoms with E-state index in [-0.39, 0.29) is 0 Å². The molecule has 1 N–H and O–H groups in total. The van der Waals surface area contributed by atoms with Crippen LogP contribution in [-0.4, -0.2) is 50.7 Å². The Labute approximate surface area is 118 Å². The minimum absolute atomic E-state index is 0.560. The lowest BCUT2D eigenvalue weighted by atomic mass is 10.1. The van der Waals surface area contributed by atoms with Crippen molar-refractivity contribution >= 4 is 21.6 Å². The van der Waals surface area contributed by atoms with Crippen LogP contribution in [0.2, 0.25) is 0 Å². The number of anilines is 1. The van der Waals surface area contributed by atoms with Gasteiger partial charge in [0.25, 0.3) is 0 Å². The molecule has 2 atom stereocenters. The summed E-state index contributed by atoms with van der Waals surface area (Å²) in [5.74, 6) is 0. The molecule has 0 amide bonds. The third-order valence-corrected chi connectivity index (χ3v) is 4.24. The first-order chi connectivity index (χ1) is 8.61. The van der Waals surface area contributed by atoms with Crippen molar-refractivity contribution in [2.24, 2.45) is 0 Å². The Morgan fingerprint density at radius 2 is 1.94 bits per heavy atom. The number of nitrogens with one attached hydrogen (secondary N) is 1. The van der Waals surface area contributed by atoms with E-state index < -0.39 is 0 Å². The summed E-state index contributed by atoms with van der Waals surface area (Å²) in [5, 5.41) is 3.29. The summed E-state index contributed by atoms with van der Waals surface area (Å²) < 4.78 is 1.14. The van der Waals surface area contributed by atoms with Crippen LogP contribution in [0.15, 0.2) is 28.7 Å². The Hall–Kier alpha value is -0.580. The molecule has 0 saturated carbocycles. The molecule has 2 unspecified atom stereocenters. The second-order valence-electron chi connectivity index (χ2n) is 5.13. The number of benzene rings is 1. The summed E-state index contributed by atoms with van der Waals surface area (Å²) >= 11 is 3.49. The molecule has 1 aromatic rings. The quantitative estimate of drug-likeness (QED) is 0.923. The second-order valence-corrected chi connectivity index (χ2v) is 6.04. The van der Waals surface area contributed by atoms with Gasteiger partial charge in [0, 0.05) is 41.9 Å². The predicted molar refractivity (Wildman–Crippen MR) is 81.3 cm³/mol. The zero-order valence-electron chi connectivity index (χ0n) is 11.4. The van der Waals surface area contributed by atoms with Gasteiger partial charge in [-0.05, 0) is 45.3 Å². The Balaban J connectivity index is 2.13. The van der Waals surface area contributed by atoms with Crippen LogP contribution in [-0.2, 0) is 0 Å². The summed E-state index contributed by atoms with van der Waals surface area (Å²) in [7, 11) is 4.24. The highest BCUT2D eigenvalue weighted by atomic mass is 79.9. The van der Waals surface area contributed by atoms with Crippen molar-refractivity contribution in [2.45, 2.75) is 19.0 Å². The van der Waals surface area contributed by atoms with E-state index in [4.69, 9.17) is 0 Å².